The van der Waals surface area contributed by atoms with E-state index in [1.54, 1.807) is 0 Å². The van der Waals surface area contributed by atoms with Crippen molar-refractivity contribution in [3.63, 3.8) is 0 Å². The third-order valence-electron chi connectivity index (χ3n) is 2.22. The van der Waals surface area contributed by atoms with Crippen molar-refractivity contribution in [3.05, 3.63) is 35.4 Å². The zero-order valence-corrected chi connectivity index (χ0v) is 7.35. The summed E-state index contributed by atoms with van der Waals surface area (Å²) in [6.45, 7) is 0. The van der Waals surface area contributed by atoms with Gasteiger partial charge in [0, 0.05) is 6.42 Å². The summed E-state index contributed by atoms with van der Waals surface area (Å²) in [5.41, 5.74) is 7.65. The van der Waals surface area contributed by atoms with E-state index in [4.69, 9.17) is 5.73 Å². The molecule has 0 saturated carbocycles. The fraction of sp³-hybridized carbons (Fsp3) is 0.333. The van der Waals surface area contributed by atoms with E-state index in [9.17, 15) is 4.39 Å². The lowest BCUT2D eigenvalue weighted by Gasteiger charge is -2.05. The molecule has 66 valence electrons. The Labute approximate surface area is 77.2 Å². The molecule has 0 aliphatic heterocycles. The lowest BCUT2D eigenvalue weighted by molar-refractivity contribution is 0.303. The summed E-state index contributed by atoms with van der Waals surface area (Å²) in [7, 11) is 0. The van der Waals surface area contributed by atoms with Crippen LogP contribution < -0.4 is 5.73 Å². The highest BCUT2D eigenvalue weighted by Crippen LogP contribution is 2.30. The largest absolute Gasteiger partial charge is 0.322 e. The molecule has 1 aromatic carbocycles. The SMILES string of the molecule is Cl.N[C@@H]1c2ccccc2C[C@@H]1F. The molecule has 2 N–H and O–H groups in total. The molecular formula is C9H11ClFN. The summed E-state index contributed by atoms with van der Waals surface area (Å²) >= 11 is 0. The van der Waals surface area contributed by atoms with Crippen molar-refractivity contribution < 1.29 is 4.39 Å². The number of rotatable bonds is 0. The molecule has 0 radical (unpaired) electrons. The Kier molecular flexibility index (Phi) is 2.70. The maximum absolute atomic E-state index is 13.0. The second-order valence-corrected chi connectivity index (χ2v) is 2.94. The van der Waals surface area contributed by atoms with Crippen molar-refractivity contribution in [2.45, 2.75) is 18.6 Å². The molecule has 1 aromatic rings. The van der Waals surface area contributed by atoms with Gasteiger partial charge in [0.15, 0.2) is 0 Å². The highest BCUT2D eigenvalue weighted by Gasteiger charge is 2.28. The predicted octanol–water partition coefficient (Wildman–Crippen LogP) is 2.00. The van der Waals surface area contributed by atoms with E-state index >= 15 is 0 Å². The van der Waals surface area contributed by atoms with Crippen molar-refractivity contribution in [2.75, 3.05) is 0 Å². The molecule has 0 heterocycles. The maximum Gasteiger partial charge on any atom is 0.123 e. The first-order chi connectivity index (χ1) is 5.29. The summed E-state index contributed by atoms with van der Waals surface area (Å²) in [6.07, 6.45) is -0.399. The number of nitrogens with two attached hydrogens (primary N) is 1. The summed E-state index contributed by atoms with van der Waals surface area (Å²) in [5.74, 6) is 0. The molecule has 12 heavy (non-hydrogen) atoms. The molecule has 1 nitrogen and oxygen atoms in total. The normalized spacial score (nSPS) is 26.2. The second kappa shape index (κ2) is 3.42. The Morgan fingerprint density at radius 3 is 2.67 bits per heavy atom. The minimum absolute atomic E-state index is 0. The average Bonchev–Trinajstić information content (AvgIpc) is 2.30. The molecule has 0 spiro atoms. The minimum Gasteiger partial charge on any atom is -0.322 e. The molecule has 0 bridgehead atoms. The fourth-order valence-electron chi connectivity index (χ4n) is 1.58. The number of hydrogen-bond donors (Lipinski definition) is 1. The second-order valence-electron chi connectivity index (χ2n) is 2.94. The van der Waals surface area contributed by atoms with Crippen molar-refractivity contribution in [1.82, 2.24) is 0 Å². The quantitative estimate of drug-likeness (QED) is 0.661. The van der Waals surface area contributed by atoms with Gasteiger partial charge in [-0.15, -0.1) is 12.4 Å². The monoisotopic (exact) mass is 187 g/mol. The molecule has 2 rings (SSSR count). The molecule has 0 saturated heterocycles. The Morgan fingerprint density at radius 2 is 2.00 bits per heavy atom. The molecule has 0 aromatic heterocycles. The van der Waals surface area contributed by atoms with Crippen molar-refractivity contribution in [2.24, 2.45) is 5.73 Å². The third-order valence-corrected chi connectivity index (χ3v) is 2.22. The van der Waals surface area contributed by atoms with Crippen LogP contribution in [-0.2, 0) is 6.42 Å². The molecule has 0 fully saturated rings. The standard InChI is InChI=1S/C9H10FN.ClH/c10-8-5-6-3-1-2-4-7(6)9(8)11;/h1-4,8-9H,5,11H2;1H/t8-,9+;/m0./s1. The number of halogens is 2. The van der Waals surface area contributed by atoms with Crippen LogP contribution in [0.3, 0.4) is 0 Å². The van der Waals surface area contributed by atoms with Gasteiger partial charge in [0.2, 0.25) is 0 Å². The molecule has 2 atom stereocenters. The lowest BCUT2D eigenvalue weighted by atomic mass is 10.1. The van der Waals surface area contributed by atoms with E-state index in [0.717, 1.165) is 11.1 Å². The Morgan fingerprint density at radius 1 is 1.33 bits per heavy atom. The van der Waals surface area contributed by atoms with Gasteiger partial charge >= 0.3 is 0 Å². The highest BCUT2D eigenvalue weighted by molar-refractivity contribution is 5.85. The maximum atomic E-state index is 13.0. The van der Waals surface area contributed by atoms with Gasteiger partial charge in [0.05, 0.1) is 6.04 Å². The van der Waals surface area contributed by atoms with Gasteiger partial charge in [0.25, 0.3) is 0 Å². The average molecular weight is 188 g/mol. The smallest absolute Gasteiger partial charge is 0.123 e. The minimum atomic E-state index is -0.882. The van der Waals surface area contributed by atoms with E-state index in [0.29, 0.717) is 6.42 Å². The number of alkyl halides is 1. The van der Waals surface area contributed by atoms with Crippen molar-refractivity contribution in [1.29, 1.82) is 0 Å². The van der Waals surface area contributed by atoms with Crippen LogP contribution in [0.2, 0.25) is 0 Å². The summed E-state index contributed by atoms with van der Waals surface area (Å²) in [4.78, 5) is 0. The van der Waals surface area contributed by atoms with E-state index in [2.05, 4.69) is 0 Å². The van der Waals surface area contributed by atoms with Crippen LogP contribution >= 0.6 is 12.4 Å². The number of benzene rings is 1. The molecule has 3 heteroatoms. The van der Waals surface area contributed by atoms with Crippen LogP contribution in [0.5, 0.6) is 0 Å². The summed E-state index contributed by atoms with van der Waals surface area (Å²) in [5, 5.41) is 0. The van der Waals surface area contributed by atoms with Gasteiger partial charge in [0.1, 0.15) is 6.17 Å². The molecule has 0 unspecified atom stereocenters. The Balaban J connectivity index is 0.000000720. The van der Waals surface area contributed by atoms with Gasteiger partial charge in [-0.25, -0.2) is 4.39 Å². The van der Waals surface area contributed by atoms with Crippen molar-refractivity contribution in [3.8, 4) is 0 Å². The topological polar surface area (TPSA) is 26.0 Å². The zero-order chi connectivity index (χ0) is 7.84. The Hall–Kier alpha value is -0.600. The fourth-order valence-corrected chi connectivity index (χ4v) is 1.58. The molecular weight excluding hydrogens is 177 g/mol. The van der Waals surface area contributed by atoms with Crippen LogP contribution in [0.15, 0.2) is 24.3 Å². The van der Waals surface area contributed by atoms with E-state index < -0.39 is 12.2 Å². The first-order valence-electron chi connectivity index (χ1n) is 3.76. The molecule has 0 amide bonds. The van der Waals surface area contributed by atoms with E-state index in [1.807, 2.05) is 24.3 Å². The van der Waals surface area contributed by atoms with Crippen LogP contribution in [0.25, 0.3) is 0 Å². The van der Waals surface area contributed by atoms with Gasteiger partial charge in [-0.2, -0.15) is 0 Å². The van der Waals surface area contributed by atoms with E-state index in [1.165, 1.54) is 0 Å². The van der Waals surface area contributed by atoms with Gasteiger partial charge in [-0.05, 0) is 11.1 Å². The summed E-state index contributed by atoms with van der Waals surface area (Å²) in [6, 6.07) is 7.26. The van der Waals surface area contributed by atoms with Crippen molar-refractivity contribution >= 4 is 12.4 Å². The van der Waals surface area contributed by atoms with Crippen LogP contribution in [-0.4, -0.2) is 6.17 Å². The van der Waals surface area contributed by atoms with Gasteiger partial charge < -0.3 is 5.73 Å². The molecule has 1 aliphatic carbocycles. The van der Waals surface area contributed by atoms with E-state index in [-0.39, 0.29) is 12.4 Å². The van der Waals surface area contributed by atoms with Crippen LogP contribution in [0.1, 0.15) is 17.2 Å². The van der Waals surface area contributed by atoms with Crippen LogP contribution in [0.4, 0.5) is 4.39 Å². The zero-order valence-electron chi connectivity index (χ0n) is 6.53. The number of hydrogen-bond acceptors (Lipinski definition) is 1. The van der Waals surface area contributed by atoms with Gasteiger partial charge in [-0.1, -0.05) is 24.3 Å². The highest BCUT2D eigenvalue weighted by atomic mass is 35.5. The predicted molar refractivity (Wildman–Crippen MR) is 49.2 cm³/mol. The number of fused-ring (bicyclic) bond motifs is 1. The van der Waals surface area contributed by atoms with Gasteiger partial charge in [-0.3, -0.25) is 0 Å². The first-order valence-corrected chi connectivity index (χ1v) is 3.76. The third kappa shape index (κ3) is 1.32. The lowest BCUT2D eigenvalue weighted by Crippen LogP contribution is -2.17. The molecule has 1 aliphatic rings. The van der Waals surface area contributed by atoms with Crippen LogP contribution in [0, 0.1) is 0 Å². The summed E-state index contributed by atoms with van der Waals surface area (Å²) < 4.78 is 13.0. The first kappa shape index (κ1) is 9.49. The Bertz CT molecular complexity index is 277.